The van der Waals surface area contributed by atoms with Crippen LogP contribution in [0.25, 0.3) is 11.0 Å². The molecule has 0 bridgehead atoms. The van der Waals surface area contributed by atoms with Gasteiger partial charge in [-0.25, -0.2) is 14.3 Å². The van der Waals surface area contributed by atoms with Crippen molar-refractivity contribution in [2.45, 2.75) is 25.9 Å². The lowest BCUT2D eigenvalue weighted by Crippen LogP contribution is -2.38. The number of benzene rings is 1. The number of unbranched alkanes of at least 4 members (excludes halogenated alkanes) is 1. The lowest BCUT2D eigenvalue weighted by molar-refractivity contribution is -0.142. The minimum absolute atomic E-state index is 0.243. The van der Waals surface area contributed by atoms with Crippen LogP contribution in [0, 0.1) is 0 Å². The number of alkyl carbamates (subject to hydrolysis) is 1. The normalized spacial score (nSPS) is 12.0. The number of para-hydroxylation sites is 1. The number of hydrogen-bond acceptors (Lipinski definition) is 5. The molecule has 2 N–H and O–H groups in total. The van der Waals surface area contributed by atoms with Crippen molar-refractivity contribution in [1.29, 1.82) is 0 Å². The predicted octanol–water partition coefficient (Wildman–Crippen LogP) is 1.54. The van der Waals surface area contributed by atoms with E-state index in [1.807, 2.05) is 6.92 Å². The number of nitrogens with one attached hydrogen (secondary N) is 1. The SMILES string of the molecule is CCCCOC(=O)NC(C(=O)O)n1nnc2ccccc21. The van der Waals surface area contributed by atoms with Gasteiger partial charge in [0.1, 0.15) is 5.52 Å². The molecule has 8 heteroatoms. The summed E-state index contributed by atoms with van der Waals surface area (Å²) in [7, 11) is 0. The third-order valence-corrected chi connectivity index (χ3v) is 2.84. The van der Waals surface area contributed by atoms with E-state index in [4.69, 9.17) is 4.74 Å². The molecule has 1 aromatic heterocycles. The largest absolute Gasteiger partial charge is 0.478 e. The first kappa shape index (κ1) is 14.8. The Hall–Kier alpha value is -2.64. The Morgan fingerprint density at radius 2 is 2.19 bits per heavy atom. The molecule has 0 saturated heterocycles. The highest BCUT2D eigenvalue weighted by Crippen LogP contribution is 2.14. The Morgan fingerprint density at radius 1 is 1.43 bits per heavy atom. The van der Waals surface area contributed by atoms with E-state index in [-0.39, 0.29) is 6.61 Å². The summed E-state index contributed by atoms with van der Waals surface area (Å²) >= 11 is 0. The highest BCUT2D eigenvalue weighted by atomic mass is 16.5. The maximum absolute atomic E-state index is 11.6. The van der Waals surface area contributed by atoms with Crippen LogP contribution in [0.4, 0.5) is 4.79 Å². The van der Waals surface area contributed by atoms with Crippen LogP contribution in [0.5, 0.6) is 0 Å². The zero-order valence-electron chi connectivity index (χ0n) is 11.5. The number of rotatable bonds is 6. The average molecular weight is 292 g/mol. The van der Waals surface area contributed by atoms with Crippen LogP contribution in [-0.2, 0) is 9.53 Å². The Morgan fingerprint density at radius 3 is 2.90 bits per heavy atom. The number of hydrogen-bond donors (Lipinski definition) is 2. The minimum atomic E-state index is -1.37. The molecule has 1 heterocycles. The number of carbonyl (C=O) groups is 2. The zero-order chi connectivity index (χ0) is 15.2. The van der Waals surface area contributed by atoms with Crippen LogP contribution < -0.4 is 5.32 Å². The Balaban J connectivity index is 2.16. The molecular formula is C13H16N4O4. The standard InChI is InChI=1S/C13H16N4O4/c1-2-3-8-21-13(20)14-11(12(18)19)17-10-7-5-4-6-9(10)15-16-17/h4-7,11H,2-3,8H2,1H3,(H,14,20)(H,18,19). The van der Waals surface area contributed by atoms with Crippen LogP contribution in [0.2, 0.25) is 0 Å². The van der Waals surface area contributed by atoms with Crippen molar-refractivity contribution in [3.63, 3.8) is 0 Å². The third kappa shape index (κ3) is 3.47. The molecule has 0 radical (unpaired) electrons. The number of fused-ring (bicyclic) bond motifs is 1. The summed E-state index contributed by atoms with van der Waals surface area (Å²) in [5.74, 6) is -1.25. The van der Waals surface area contributed by atoms with E-state index >= 15 is 0 Å². The summed E-state index contributed by atoms with van der Waals surface area (Å²) in [6.07, 6.45) is -0.567. The minimum Gasteiger partial charge on any atom is -0.478 e. The maximum Gasteiger partial charge on any atom is 0.409 e. The lowest BCUT2D eigenvalue weighted by Gasteiger charge is -2.15. The van der Waals surface area contributed by atoms with Crippen molar-refractivity contribution < 1.29 is 19.4 Å². The average Bonchev–Trinajstić information content (AvgIpc) is 2.88. The van der Waals surface area contributed by atoms with E-state index in [2.05, 4.69) is 15.6 Å². The molecule has 1 atom stereocenters. The van der Waals surface area contributed by atoms with Crippen LogP contribution in [-0.4, -0.2) is 38.8 Å². The second-order valence-corrected chi connectivity index (χ2v) is 4.40. The second-order valence-electron chi connectivity index (χ2n) is 4.40. The molecule has 0 aliphatic rings. The Kier molecular flexibility index (Phi) is 4.70. The second kappa shape index (κ2) is 6.69. The molecule has 1 aromatic carbocycles. The first-order valence-corrected chi connectivity index (χ1v) is 6.59. The number of carboxylic acids is 1. The topological polar surface area (TPSA) is 106 Å². The summed E-state index contributed by atoms with van der Waals surface area (Å²) in [6, 6.07) is 6.89. The highest BCUT2D eigenvalue weighted by Gasteiger charge is 2.25. The van der Waals surface area contributed by atoms with Gasteiger partial charge in [-0.1, -0.05) is 30.7 Å². The van der Waals surface area contributed by atoms with Gasteiger partial charge in [-0.2, -0.15) is 0 Å². The molecule has 0 spiro atoms. The fourth-order valence-electron chi connectivity index (χ4n) is 1.77. The number of aliphatic carboxylic acids is 1. The number of carboxylic acid groups (broad SMARTS) is 1. The van der Waals surface area contributed by atoms with Crippen LogP contribution >= 0.6 is 0 Å². The van der Waals surface area contributed by atoms with E-state index in [1.54, 1.807) is 24.3 Å². The van der Waals surface area contributed by atoms with Crippen molar-refractivity contribution in [2.75, 3.05) is 6.61 Å². The monoisotopic (exact) mass is 292 g/mol. The molecule has 2 rings (SSSR count). The molecule has 112 valence electrons. The fraction of sp³-hybridized carbons (Fsp3) is 0.385. The first-order valence-electron chi connectivity index (χ1n) is 6.59. The van der Waals surface area contributed by atoms with E-state index in [1.165, 1.54) is 0 Å². The molecule has 2 aromatic rings. The van der Waals surface area contributed by atoms with Crippen LogP contribution in [0.3, 0.4) is 0 Å². The summed E-state index contributed by atoms with van der Waals surface area (Å²) < 4.78 is 6.04. The number of carbonyl (C=O) groups excluding carboxylic acids is 1. The van der Waals surface area contributed by atoms with Crippen LogP contribution in [0.15, 0.2) is 24.3 Å². The zero-order valence-corrected chi connectivity index (χ0v) is 11.5. The van der Waals surface area contributed by atoms with Crippen molar-refractivity contribution in [3.8, 4) is 0 Å². The molecular weight excluding hydrogens is 276 g/mol. The van der Waals surface area contributed by atoms with Gasteiger partial charge in [-0.05, 0) is 18.6 Å². The summed E-state index contributed by atoms with van der Waals surface area (Å²) in [4.78, 5) is 23.0. The fourth-order valence-corrected chi connectivity index (χ4v) is 1.77. The van der Waals surface area contributed by atoms with E-state index in [9.17, 15) is 14.7 Å². The summed E-state index contributed by atoms with van der Waals surface area (Å²) in [6.45, 7) is 2.20. The Bertz CT molecular complexity index is 640. The van der Waals surface area contributed by atoms with Crippen LogP contribution in [0.1, 0.15) is 25.9 Å². The number of amides is 1. The van der Waals surface area contributed by atoms with E-state index < -0.39 is 18.2 Å². The number of aromatic nitrogens is 3. The molecule has 0 aliphatic carbocycles. The predicted molar refractivity (Wildman–Crippen MR) is 73.6 cm³/mol. The van der Waals surface area contributed by atoms with Gasteiger partial charge in [-0.3, -0.25) is 5.32 Å². The lowest BCUT2D eigenvalue weighted by atomic mass is 10.3. The quantitative estimate of drug-likeness (QED) is 0.782. The molecule has 0 saturated carbocycles. The molecule has 21 heavy (non-hydrogen) atoms. The van der Waals surface area contributed by atoms with E-state index in [0.29, 0.717) is 11.0 Å². The van der Waals surface area contributed by atoms with Crippen molar-refractivity contribution in [2.24, 2.45) is 0 Å². The van der Waals surface area contributed by atoms with Gasteiger partial charge >= 0.3 is 12.1 Å². The van der Waals surface area contributed by atoms with E-state index in [0.717, 1.165) is 17.5 Å². The summed E-state index contributed by atoms with van der Waals surface area (Å²) in [5.41, 5.74) is 1.06. The van der Waals surface area contributed by atoms with Gasteiger partial charge < -0.3 is 9.84 Å². The maximum atomic E-state index is 11.6. The van der Waals surface area contributed by atoms with Gasteiger partial charge in [0.25, 0.3) is 0 Å². The molecule has 1 unspecified atom stereocenters. The van der Waals surface area contributed by atoms with Gasteiger partial charge in [0.15, 0.2) is 0 Å². The highest BCUT2D eigenvalue weighted by molar-refractivity contribution is 5.81. The van der Waals surface area contributed by atoms with Crippen molar-refractivity contribution in [1.82, 2.24) is 20.3 Å². The summed E-state index contributed by atoms with van der Waals surface area (Å²) in [5, 5.41) is 19.2. The van der Waals surface area contributed by atoms with Gasteiger partial charge in [0.05, 0.1) is 12.1 Å². The Labute approximate surface area is 120 Å². The molecule has 8 nitrogen and oxygen atoms in total. The van der Waals surface area contributed by atoms with Crippen molar-refractivity contribution in [3.05, 3.63) is 24.3 Å². The van der Waals surface area contributed by atoms with Gasteiger partial charge in [0.2, 0.25) is 6.17 Å². The van der Waals surface area contributed by atoms with Gasteiger partial charge in [0, 0.05) is 0 Å². The molecule has 1 amide bonds. The van der Waals surface area contributed by atoms with Crippen molar-refractivity contribution >= 4 is 23.1 Å². The first-order chi connectivity index (χ1) is 10.1. The molecule has 0 aliphatic heterocycles. The van der Waals surface area contributed by atoms with Gasteiger partial charge in [-0.15, -0.1) is 5.10 Å². The molecule has 0 fully saturated rings. The third-order valence-electron chi connectivity index (χ3n) is 2.84. The number of ether oxygens (including phenoxy) is 1. The number of nitrogens with zero attached hydrogens (tertiary/aromatic N) is 3. The smallest absolute Gasteiger partial charge is 0.409 e.